The molecule has 1 aromatic carbocycles. The molecule has 0 radical (unpaired) electrons. The number of benzene rings is 1. The summed E-state index contributed by atoms with van der Waals surface area (Å²) in [5.74, 6) is 1.61. The van der Waals surface area contributed by atoms with Crippen LogP contribution in [0.15, 0.2) is 22.7 Å². The van der Waals surface area contributed by atoms with Gasteiger partial charge < -0.3 is 10.5 Å². The van der Waals surface area contributed by atoms with Gasteiger partial charge in [-0.3, -0.25) is 0 Å². The lowest BCUT2D eigenvalue weighted by Crippen LogP contribution is -2.19. The lowest BCUT2D eigenvalue weighted by Gasteiger charge is -2.25. The lowest BCUT2D eigenvalue weighted by molar-refractivity contribution is 0.180. The van der Waals surface area contributed by atoms with Crippen molar-refractivity contribution in [2.75, 3.05) is 12.3 Å². The fourth-order valence-corrected chi connectivity index (χ4v) is 1.86. The first kappa shape index (κ1) is 9.84. The second-order valence-corrected chi connectivity index (χ2v) is 4.65. The van der Waals surface area contributed by atoms with Gasteiger partial charge in [-0.1, -0.05) is 6.42 Å². The Labute approximate surface area is 92.6 Å². The summed E-state index contributed by atoms with van der Waals surface area (Å²) in [4.78, 5) is 0. The van der Waals surface area contributed by atoms with E-state index >= 15 is 0 Å². The molecule has 0 aromatic heterocycles. The van der Waals surface area contributed by atoms with Crippen molar-refractivity contribution >= 4 is 21.6 Å². The lowest BCUT2D eigenvalue weighted by atomic mass is 9.86. The molecule has 1 aliphatic carbocycles. The van der Waals surface area contributed by atoms with Crippen LogP contribution in [0.25, 0.3) is 0 Å². The van der Waals surface area contributed by atoms with Crippen LogP contribution in [0.3, 0.4) is 0 Å². The minimum Gasteiger partial charge on any atom is -0.492 e. The maximum absolute atomic E-state index is 5.69. The van der Waals surface area contributed by atoms with Crippen LogP contribution in [-0.4, -0.2) is 6.61 Å². The summed E-state index contributed by atoms with van der Waals surface area (Å²) in [7, 11) is 0. The van der Waals surface area contributed by atoms with Crippen molar-refractivity contribution in [3.05, 3.63) is 22.7 Å². The molecule has 0 aliphatic heterocycles. The highest BCUT2D eigenvalue weighted by Gasteiger charge is 2.18. The van der Waals surface area contributed by atoms with Gasteiger partial charge in [0.15, 0.2) is 0 Å². The number of halogens is 1. The Morgan fingerprint density at radius 2 is 2.21 bits per heavy atom. The Kier molecular flexibility index (Phi) is 2.96. The second kappa shape index (κ2) is 4.22. The van der Waals surface area contributed by atoms with E-state index in [0.717, 1.165) is 28.4 Å². The van der Waals surface area contributed by atoms with Gasteiger partial charge in [0.25, 0.3) is 0 Å². The molecule has 0 saturated heterocycles. The Morgan fingerprint density at radius 3 is 2.86 bits per heavy atom. The largest absolute Gasteiger partial charge is 0.492 e. The summed E-state index contributed by atoms with van der Waals surface area (Å²) < 4.78 is 6.67. The van der Waals surface area contributed by atoms with E-state index in [4.69, 9.17) is 10.5 Å². The van der Waals surface area contributed by atoms with E-state index < -0.39 is 0 Å². The molecule has 0 unspecified atom stereocenters. The predicted molar refractivity (Wildman–Crippen MR) is 61.4 cm³/mol. The van der Waals surface area contributed by atoms with Crippen LogP contribution >= 0.6 is 15.9 Å². The molecule has 0 spiro atoms. The fraction of sp³-hybridized carbons (Fsp3) is 0.455. The van der Waals surface area contributed by atoms with Gasteiger partial charge in [-0.25, -0.2) is 0 Å². The van der Waals surface area contributed by atoms with Gasteiger partial charge >= 0.3 is 0 Å². The van der Waals surface area contributed by atoms with Crippen molar-refractivity contribution in [1.29, 1.82) is 0 Å². The van der Waals surface area contributed by atoms with Crippen molar-refractivity contribution in [3.8, 4) is 5.75 Å². The Balaban J connectivity index is 1.96. The standard InChI is InChI=1S/C11H14BrNO/c12-10-5-4-9(13)6-11(10)14-7-8-2-1-3-8/h4-6,8H,1-3,7,13H2. The molecule has 0 heterocycles. The first-order valence-electron chi connectivity index (χ1n) is 4.93. The van der Waals surface area contributed by atoms with Crippen molar-refractivity contribution in [1.82, 2.24) is 0 Å². The summed E-state index contributed by atoms with van der Waals surface area (Å²) in [5.41, 5.74) is 6.43. The van der Waals surface area contributed by atoms with Crippen molar-refractivity contribution in [2.45, 2.75) is 19.3 Å². The van der Waals surface area contributed by atoms with Gasteiger partial charge in [0.05, 0.1) is 11.1 Å². The highest BCUT2D eigenvalue weighted by atomic mass is 79.9. The third-order valence-electron chi connectivity index (χ3n) is 2.65. The van der Waals surface area contributed by atoms with Gasteiger partial charge in [-0.15, -0.1) is 0 Å². The average Bonchev–Trinajstić information content (AvgIpc) is 2.08. The molecule has 0 bridgehead atoms. The first-order chi connectivity index (χ1) is 6.75. The van der Waals surface area contributed by atoms with Gasteiger partial charge in [0.2, 0.25) is 0 Å². The van der Waals surface area contributed by atoms with Crippen molar-refractivity contribution in [3.63, 3.8) is 0 Å². The van der Waals surface area contributed by atoms with E-state index in [-0.39, 0.29) is 0 Å². The predicted octanol–water partition coefficient (Wildman–Crippen LogP) is 3.21. The molecule has 0 atom stereocenters. The van der Waals surface area contributed by atoms with Crippen LogP contribution in [0.1, 0.15) is 19.3 Å². The molecule has 2 rings (SSSR count). The summed E-state index contributed by atoms with van der Waals surface area (Å²) >= 11 is 3.44. The Hall–Kier alpha value is -0.700. The van der Waals surface area contributed by atoms with Gasteiger partial charge in [0, 0.05) is 11.8 Å². The van der Waals surface area contributed by atoms with Gasteiger partial charge in [-0.05, 0) is 46.8 Å². The number of anilines is 1. The zero-order valence-corrected chi connectivity index (χ0v) is 9.59. The van der Waals surface area contributed by atoms with E-state index in [0.29, 0.717) is 0 Å². The molecular weight excluding hydrogens is 242 g/mol. The van der Waals surface area contributed by atoms with Gasteiger partial charge in [-0.2, -0.15) is 0 Å². The molecule has 1 fully saturated rings. The summed E-state index contributed by atoms with van der Waals surface area (Å²) in [6.07, 6.45) is 3.96. The van der Waals surface area contributed by atoms with Crippen LogP contribution in [0.5, 0.6) is 5.75 Å². The zero-order valence-electron chi connectivity index (χ0n) is 8.00. The molecular formula is C11H14BrNO. The van der Waals surface area contributed by atoms with Crippen molar-refractivity contribution in [2.24, 2.45) is 5.92 Å². The molecule has 14 heavy (non-hydrogen) atoms. The fourth-order valence-electron chi connectivity index (χ4n) is 1.50. The number of rotatable bonds is 3. The van der Waals surface area contributed by atoms with Crippen LogP contribution in [0.2, 0.25) is 0 Å². The number of nitrogen functional groups attached to an aromatic ring is 1. The van der Waals surface area contributed by atoms with E-state index in [1.165, 1.54) is 19.3 Å². The monoisotopic (exact) mass is 255 g/mol. The minimum absolute atomic E-state index is 0.747. The molecule has 2 nitrogen and oxygen atoms in total. The molecule has 76 valence electrons. The Morgan fingerprint density at radius 1 is 1.43 bits per heavy atom. The number of nitrogens with two attached hydrogens (primary N) is 1. The zero-order chi connectivity index (χ0) is 9.97. The highest BCUT2D eigenvalue weighted by molar-refractivity contribution is 9.10. The average molecular weight is 256 g/mol. The third-order valence-corrected chi connectivity index (χ3v) is 3.31. The SMILES string of the molecule is Nc1ccc(Br)c(OCC2CCC2)c1. The maximum Gasteiger partial charge on any atom is 0.135 e. The van der Waals surface area contributed by atoms with Gasteiger partial charge in [0.1, 0.15) is 5.75 Å². The summed E-state index contributed by atoms with van der Waals surface area (Å²) in [6, 6.07) is 5.65. The normalized spacial score (nSPS) is 16.4. The van der Waals surface area contributed by atoms with Crippen LogP contribution < -0.4 is 10.5 Å². The molecule has 1 aliphatic rings. The smallest absolute Gasteiger partial charge is 0.135 e. The molecule has 0 amide bonds. The number of hydrogen-bond acceptors (Lipinski definition) is 2. The van der Waals surface area contributed by atoms with E-state index in [1.54, 1.807) is 0 Å². The molecule has 1 saturated carbocycles. The molecule has 3 heteroatoms. The maximum atomic E-state index is 5.69. The van der Waals surface area contributed by atoms with Crippen LogP contribution in [0, 0.1) is 5.92 Å². The molecule has 1 aromatic rings. The van der Waals surface area contributed by atoms with Crippen LogP contribution in [0.4, 0.5) is 5.69 Å². The van der Waals surface area contributed by atoms with E-state index in [9.17, 15) is 0 Å². The third kappa shape index (κ3) is 2.21. The number of hydrogen-bond donors (Lipinski definition) is 1. The number of ether oxygens (including phenoxy) is 1. The second-order valence-electron chi connectivity index (χ2n) is 3.80. The topological polar surface area (TPSA) is 35.2 Å². The Bertz CT molecular complexity index is 323. The van der Waals surface area contributed by atoms with Crippen LogP contribution in [-0.2, 0) is 0 Å². The molecule has 2 N–H and O–H groups in total. The van der Waals surface area contributed by atoms with E-state index in [1.807, 2.05) is 18.2 Å². The highest BCUT2D eigenvalue weighted by Crippen LogP contribution is 2.31. The minimum atomic E-state index is 0.747. The summed E-state index contributed by atoms with van der Waals surface area (Å²) in [5, 5.41) is 0. The van der Waals surface area contributed by atoms with E-state index in [2.05, 4.69) is 15.9 Å². The van der Waals surface area contributed by atoms with Crippen molar-refractivity contribution < 1.29 is 4.74 Å². The quantitative estimate of drug-likeness (QED) is 0.843. The first-order valence-corrected chi connectivity index (χ1v) is 5.73. The summed E-state index contributed by atoms with van der Waals surface area (Å²) in [6.45, 7) is 0.821.